The highest BCUT2D eigenvalue weighted by Crippen LogP contribution is 2.41. The van der Waals surface area contributed by atoms with Crippen LogP contribution in [-0.4, -0.2) is 37.1 Å². The van der Waals surface area contributed by atoms with Gasteiger partial charge in [-0.15, -0.1) is 0 Å². The summed E-state index contributed by atoms with van der Waals surface area (Å²) in [6.45, 7) is 0. The van der Waals surface area contributed by atoms with Crippen molar-refractivity contribution in [1.29, 1.82) is 0 Å². The van der Waals surface area contributed by atoms with Crippen LogP contribution in [-0.2, 0) is 0 Å². The Hall–Kier alpha value is -3.83. The molecule has 0 saturated heterocycles. The lowest BCUT2D eigenvalue weighted by atomic mass is 9.89. The molecule has 1 unspecified atom stereocenters. The van der Waals surface area contributed by atoms with E-state index < -0.39 is 5.91 Å². The molecule has 0 heterocycles. The number of ether oxygens (including phenoxy) is 1. The van der Waals surface area contributed by atoms with Crippen LogP contribution in [0.2, 0.25) is 0 Å². The number of phenolic OH excluding ortho intramolecular Hbond substituents is 1. The van der Waals surface area contributed by atoms with Crippen LogP contribution in [0.3, 0.4) is 0 Å². The fourth-order valence-corrected chi connectivity index (χ4v) is 4.11. The Morgan fingerprint density at radius 3 is 2.31 bits per heavy atom. The Bertz CT molecular complexity index is 1250. The number of benzene rings is 4. The van der Waals surface area contributed by atoms with E-state index in [1.54, 1.807) is 25.3 Å². The van der Waals surface area contributed by atoms with E-state index in [0.29, 0.717) is 17.0 Å². The number of methoxy groups -OCH3 is 1. The van der Waals surface area contributed by atoms with E-state index in [9.17, 15) is 9.90 Å². The molecule has 0 fully saturated rings. The molecular weight excluding hydrogens is 400 g/mol. The molecule has 0 aromatic heterocycles. The van der Waals surface area contributed by atoms with Crippen LogP contribution in [0.15, 0.2) is 84.9 Å². The largest absolute Gasteiger partial charge is 0.507 e. The number of phenols is 1. The lowest BCUT2D eigenvalue weighted by Crippen LogP contribution is -2.22. The molecule has 0 spiro atoms. The smallest absolute Gasteiger partial charge is 0.259 e. The molecular formula is C27H26N2O3. The lowest BCUT2D eigenvalue weighted by molar-refractivity contribution is 0.102. The highest BCUT2D eigenvalue weighted by Gasteiger charge is 2.26. The van der Waals surface area contributed by atoms with Crippen LogP contribution in [0.4, 0.5) is 5.69 Å². The van der Waals surface area contributed by atoms with E-state index in [1.165, 1.54) is 0 Å². The summed E-state index contributed by atoms with van der Waals surface area (Å²) in [5.74, 6) is 0.125. The van der Waals surface area contributed by atoms with Gasteiger partial charge in [-0.2, -0.15) is 0 Å². The first-order valence-corrected chi connectivity index (χ1v) is 10.4. The third-order valence-electron chi connectivity index (χ3n) is 5.57. The van der Waals surface area contributed by atoms with Crippen LogP contribution in [0, 0.1) is 0 Å². The number of hydrogen-bond acceptors (Lipinski definition) is 4. The molecule has 2 N–H and O–H groups in total. The molecule has 0 aliphatic heterocycles. The molecule has 0 radical (unpaired) electrons. The molecule has 5 nitrogen and oxygen atoms in total. The average Bonchev–Trinajstić information content (AvgIpc) is 2.81. The molecule has 0 aliphatic rings. The van der Waals surface area contributed by atoms with Crippen molar-refractivity contribution >= 4 is 22.4 Å². The Morgan fingerprint density at radius 1 is 0.938 bits per heavy atom. The normalized spacial score (nSPS) is 12.0. The quantitative estimate of drug-likeness (QED) is 0.430. The molecule has 5 heteroatoms. The van der Waals surface area contributed by atoms with Crippen molar-refractivity contribution in [1.82, 2.24) is 4.90 Å². The first-order valence-electron chi connectivity index (χ1n) is 10.4. The van der Waals surface area contributed by atoms with E-state index in [0.717, 1.165) is 16.3 Å². The van der Waals surface area contributed by atoms with Gasteiger partial charge in [0.1, 0.15) is 11.5 Å². The number of nitrogens with one attached hydrogen (secondary N) is 1. The molecule has 0 bridgehead atoms. The topological polar surface area (TPSA) is 61.8 Å². The van der Waals surface area contributed by atoms with Crippen molar-refractivity contribution < 1.29 is 14.6 Å². The monoisotopic (exact) mass is 426 g/mol. The minimum Gasteiger partial charge on any atom is -0.507 e. The number of nitrogens with zero attached hydrogens (tertiary/aromatic N) is 1. The summed E-state index contributed by atoms with van der Waals surface area (Å²) in [5.41, 5.74) is 2.48. The summed E-state index contributed by atoms with van der Waals surface area (Å²) in [6.07, 6.45) is 0. The summed E-state index contributed by atoms with van der Waals surface area (Å²) < 4.78 is 5.35. The Labute approximate surface area is 187 Å². The molecule has 162 valence electrons. The number of amides is 1. The fourth-order valence-electron chi connectivity index (χ4n) is 4.11. The van der Waals surface area contributed by atoms with E-state index in [4.69, 9.17) is 4.74 Å². The van der Waals surface area contributed by atoms with Crippen LogP contribution in [0.25, 0.3) is 10.8 Å². The van der Waals surface area contributed by atoms with Gasteiger partial charge in [-0.1, -0.05) is 66.7 Å². The molecule has 1 atom stereocenters. The molecule has 1 amide bonds. The zero-order valence-electron chi connectivity index (χ0n) is 18.4. The van der Waals surface area contributed by atoms with Crippen molar-refractivity contribution in [3.05, 3.63) is 102 Å². The summed E-state index contributed by atoms with van der Waals surface area (Å²) in [5, 5.41) is 16.1. The summed E-state index contributed by atoms with van der Waals surface area (Å²) in [6, 6.07) is 26.5. The van der Waals surface area contributed by atoms with Crippen molar-refractivity contribution in [3.8, 4) is 11.5 Å². The van der Waals surface area contributed by atoms with Gasteiger partial charge in [0.25, 0.3) is 5.91 Å². The van der Waals surface area contributed by atoms with Gasteiger partial charge in [0.15, 0.2) is 0 Å². The number of fused-ring (bicyclic) bond motifs is 1. The highest BCUT2D eigenvalue weighted by atomic mass is 16.5. The molecule has 4 aromatic rings. The maximum Gasteiger partial charge on any atom is 0.259 e. The summed E-state index contributed by atoms with van der Waals surface area (Å²) >= 11 is 0. The summed E-state index contributed by atoms with van der Waals surface area (Å²) in [4.78, 5) is 15.3. The SMILES string of the molecule is COc1ccccc1NC(=O)c1cc2ccccc2c(C(c2ccccc2)N(C)C)c1O. The minimum atomic E-state index is -0.399. The molecule has 32 heavy (non-hydrogen) atoms. The van der Waals surface area contributed by atoms with Crippen LogP contribution in [0.1, 0.15) is 27.5 Å². The van der Waals surface area contributed by atoms with Crippen molar-refractivity contribution in [3.63, 3.8) is 0 Å². The number of rotatable bonds is 6. The number of hydrogen-bond donors (Lipinski definition) is 2. The third-order valence-corrected chi connectivity index (χ3v) is 5.57. The van der Waals surface area contributed by atoms with Gasteiger partial charge in [0, 0.05) is 5.56 Å². The van der Waals surface area contributed by atoms with Crippen molar-refractivity contribution in [2.24, 2.45) is 0 Å². The van der Waals surface area contributed by atoms with Gasteiger partial charge >= 0.3 is 0 Å². The van der Waals surface area contributed by atoms with Crippen LogP contribution >= 0.6 is 0 Å². The van der Waals surface area contributed by atoms with E-state index in [2.05, 4.69) is 5.32 Å². The van der Waals surface area contributed by atoms with Crippen molar-refractivity contribution in [2.75, 3.05) is 26.5 Å². The average molecular weight is 427 g/mol. The van der Waals surface area contributed by atoms with Crippen molar-refractivity contribution in [2.45, 2.75) is 6.04 Å². The second kappa shape index (κ2) is 9.12. The van der Waals surface area contributed by atoms with E-state index >= 15 is 0 Å². The number of aromatic hydroxyl groups is 1. The van der Waals surface area contributed by atoms with E-state index in [-0.39, 0.29) is 17.4 Å². The zero-order valence-corrected chi connectivity index (χ0v) is 18.4. The minimum absolute atomic E-state index is 0.0290. The summed E-state index contributed by atoms with van der Waals surface area (Å²) in [7, 11) is 5.49. The maximum absolute atomic E-state index is 13.3. The first kappa shape index (κ1) is 21.4. The number of anilines is 1. The second-order valence-corrected chi connectivity index (χ2v) is 7.84. The van der Waals surface area contributed by atoms with E-state index in [1.807, 2.05) is 85.7 Å². The third kappa shape index (κ3) is 4.03. The highest BCUT2D eigenvalue weighted by molar-refractivity contribution is 6.10. The fraction of sp³-hybridized carbons (Fsp3) is 0.148. The molecule has 4 aromatic carbocycles. The molecule has 0 saturated carbocycles. The van der Waals surface area contributed by atoms with Gasteiger partial charge in [0.2, 0.25) is 0 Å². The number of para-hydroxylation sites is 2. The number of carbonyl (C=O) groups is 1. The molecule has 4 rings (SSSR count). The predicted octanol–water partition coefficient (Wildman–Crippen LogP) is 5.46. The van der Waals surface area contributed by atoms with Crippen LogP contribution < -0.4 is 10.1 Å². The van der Waals surface area contributed by atoms with Gasteiger partial charge < -0.3 is 15.2 Å². The predicted molar refractivity (Wildman–Crippen MR) is 129 cm³/mol. The zero-order chi connectivity index (χ0) is 22.7. The second-order valence-electron chi connectivity index (χ2n) is 7.84. The standard InChI is InChI=1S/C27H26N2O3/c1-29(2)25(18-11-5-4-6-12-18)24-20-14-8-7-13-19(20)17-21(26(24)30)27(31)28-22-15-9-10-16-23(22)32-3/h4-17,25,30H,1-3H3,(H,28,31). The van der Waals surface area contributed by atoms with Gasteiger partial charge in [-0.3, -0.25) is 9.69 Å². The lowest BCUT2D eigenvalue weighted by Gasteiger charge is -2.28. The Balaban J connectivity index is 1.89. The maximum atomic E-state index is 13.3. The van der Waals surface area contributed by atoms with Gasteiger partial charge in [-0.25, -0.2) is 0 Å². The van der Waals surface area contributed by atoms with Crippen LogP contribution in [0.5, 0.6) is 11.5 Å². The Kier molecular flexibility index (Phi) is 6.10. The Morgan fingerprint density at radius 2 is 1.59 bits per heavy atom. The number of carbonyl (C=O) groups excluding carboxylic acids is 1. The molecule has 0 aliphatic carbocycles. The van der Waals surface area contributed by atoms with Gasteiger partial charge in [-0.05, 0) is 48.6 Å². The van der Waals surface area contributed by atoms with Gasteiger partial charge in [0.05, 0.1) is 24.4 Å². The first-order chi connectivity index (χ1) is 15.5.